The van der Waals surface area contributed by atoms with Gasteiger partial charge in [-0.15, -0.1) is 0 Å². The predicted molar refractivity (Wildman–Crippen MR) is 78.9 cm³/mol. The average Bonchev–Trinajstić information content (AvgIpc) is 2.68. The van der Waals surface area contributed by atoms with Crippen molar-refractivity contribution in [3.8, 4) is 0 Å². The lowest BCUT2D eigenvalue weighted by Gasteiger charge is -1.96. The normalized spacial score (nSPS) is 17.1. The van der Waals surface area contributed by atoms with Crippen molar-refractivity contribution < 1.29 is 9.72 Å². The molecular weight excluding hydrogens is 302 g/mol. The van der Waals surface area contributed by atoms with Gasteiger partial charge in [-0.3, -0.25) is 20.2 Å². The summed E-state index contributed by atoms with van der Waals surface area (Å²) in [7, 11) is 0. The summed E-state index contributed by atoms with van der Waals surface area (Å²) in [6.07, 6.45) is 3.01. The van der Waals surface area contributed by atoms with Crippen LogP contribution in [0.1, 0.15) is 5.56 Å². The van der Waals surface area contributed by atoms with E-state index >= 15 is 0 Å². The van der Waals surface area contributed by atoms with Gasteiger partial charge in [0.05, 0.1) is 4.92 Å². The second-order valence-corrected chi connectivity index (χ2v) is 4.69. The number of benzene rings is 1. The third kappa shape index (κ3) is 3.40. The lowest BCUT2D eigenvalue weighted by molar-refractivity contribution is -0.384. The molecule has 6 nitrogen and oxygen atoms in total. The molecule has 1 aromatic carbocycles. The van der Waals surface area contributed by atoms with Crippen LogP contribution >= 0.6 is 23.8 Å². The largest absolute Gasteiger partial charge is 0.328 e. The van der Waals surface area contributed by atoms with E-state index in [4.69, 9.17) is 23.8 Å². The standard InChI is InChI=1S/C12H8ClN3O3S/c13-8(6-10-11(17)15-12(20)14-10)5-7-1-3-9(4-2-7)16(18)19/h1-6H,(H2,14,15,17,20)/b8-5-,10-6-. The predicted octanol–water partition coefficient (Wildman–Crippen LogP) is 2.06. The molecule has 0 aromatic heterocycles. The molecular formula is C12H8ClN3O3S. The first-order chi connectivity index (χ1) is 9.45. The molecule has 1 aliphatic rings. The molecule has 0 bridgehead atoms. The van der Waals surface area contributed by atoms with Gasteiger partial charge in [0.2, 0.25) is 0 Å². The second-order valence-electron chi connectivity index (χ2n) is 3.84. The van der Waals surface area contributed by atoms with Crippen LogP contribution in [0.2, 0.25) is 0 Å². The quantitative estimate of drug-likeness (QED) is 0.386. The van der Waals surface area contributed by atoms with Crippen LogP contribution < -0.4 is 10.6 Å². The van der Waals surface area contributed by atoms with Gasteiger partial charge in [0.15, 0.2) is 5.11 Å². The maximum atomic E-state index is 11.4. The van der Waals surface area contributed by atoms with E-state index in [9.17, 15) is 14.9 Å². The third-order valence-electron chi connectivity index (χ3n) is 2.41. The number of carbonyl (C=O) groups excluding carboxylic acids is 1. The SMILES string of the molecule is O=C1NC(=S)N/C1=C\C(Cl)=C\c1ccc([N+](=O)[O-])cc1. The number of carbonyl (C=O) groups is 1. The molecule has 2 rings (SSSR count). The molecule has 8 heteroatoms. The van der Waals surface area contributed by atoms with Crippen molar-refractivity contribution in [2.24, 2.45) is 0 Å². The van der Waals surface area contributed by atoms with Crippen LogP contribution in [0.15, 0.2) is 41.1 Å². The molecule has 1 amide bonds. The minimum atomic E-state index is -0.481. The first kappa shape index (κ1) is 14.2. The average molecular weight is 310 g/mol. The van der Waals surface area contributed by atoms with Crippen molar-refractivity contribution in [1.29, 1.82) is 0 Å². The van der Waals surface area contributed by atoms with Gasteiger partial charge in [-0.1, -0.05) is 11.6 Å². The highest BCUT2D eigenvalue weighted by molar-refractivity contribution is 7.80. The third-order valence-corrected chi connectivity index (χ3v) is 2.83. The summed E-state index contributed by atoms with van der Waals surface area (Å²) < 4.78 is 0. The molecule has 0 atom stereocenters. The number of nitrogens with zero attached hydrogens (tertiary/aromatic N) is 1. The van der Waals surface area contributed by atoms with E-state index in [1.165, 1.54) is 18.2 Å². The number of hydrogen-bond donors (Lipinski definition) is 2. The number of allylic oxidation sites excluding steroid dienone is 2. The van der Waals surface area contributed by atoms with E-state index in [-0.39, 0.29) is 22.4 Å². The van der Waals surface area contributed by atoms with Crippen LogP contribution in [0, 0.1) is 10.1 Å². The van der Waals surface area contributed by atoms with Gasteiger partial charge in [-0.2, -0.15) is 0 Å². The maximum absolute atomic E-state index is 11.4. The zero-order chi connectivity index (χ0) is 14.7. The van der Waals surface area contributed by atoms with Gasteiger partial charge in [-0.25, -0.2) is 0 Å². The van der Waals surface area contributed by atoms with E-state index in [0.717, 1.165) is 0 Å². The summed E-state index contributed by atoms with van der Waals surface area (Å²) in [5.74, 6) is -0.356. The highest BCUT2D eigenvalue weighted by Gasteiger charge is 2.19. The van der Waals surface area contributed by atoms with Crippen LogP contribution in [0.3, 0.4) is 0 Å². The zero-order valence-corrected chi connectivity index (χ0v) is 11.5. The molecule has 0 radical (unpaired) electrons. The summed E-state index contributed by atoms with van der Waals surface area (Å²) in [4.78, 5) is 21.4. The molecule has 1 heterocycles. The molecule has 2 N–H and O–H groups in total. The van der Waals surface area contributed by atoms with E-state index in [0.29, 0.717) is 10.6 Å². The topological polar surface area (TPSA) is 84.3 Å². The first-order valence-electron chi connectivity index (χ1n) is 5.41. The lowest BCUT2D eigenvalue weighted by Crippen LogP contribution is -2.21. The molecule has 0 unspecified atom stereocenters. The summed E-state index contributed by atoms with van der Waals surface area (Å²) in [5, 5.41) is 16.1. The monoisotopic (exact) mass is 309 g/mol. The molecule has 102 valence electrons. The van der Waals surface area contributed by atoms with Crippen molar-refractivity contribution in [1.82, 2.24) is 10.6 Å². The summed E-state index contributed by atoms with van der Waals surface area (Å²) in [6, 6.07) is 5.87. The smallest absolute Gasteiger partial charge is 0.273 e. The molecule has 0 saturated carbocycles. The van der Waals surface area contributed by atoms with Crippen LogP contribution in [0.4, 0.5) is 5.69 Å². The van der Waals surface area contributed by atoms with Crippen LogP contribution in [-0.2, 0) is 4.79 Å². The summed E-state index contributed by atoms with van der Waals surface area (Å²) >= 11 is 10.8. The van der Waals surface area contributed by atoms with Gasteiger partial charge in [0, 0.05) is 17.2 Å². The van der Waals surface area contributed by atoms with Crippen LogP contribution in [0.25, 0.3) is 6.08 Å². The highest BCUT2D eigenvalue weighted by Crippen LogP contribution is 2.17. The molecule has 1 saturated heterocycles. The van der Waals surface area contributed by atoms with Gasteiger partial charge in [0.25, 0.3) is 11.6 Å². The Morgan fingerprint density at radius 2 is 1.95 bits per heavy atom. The van der Waals surface area contributed by atoms with Crippen molar-refractivity contribution in [3.05, 3.63) is 56.7 Å². The molecule has 1 aromatic rings. The minimum absolute atomic E-state index is 0.00110. The maximum Gasteiger partial charge on any atom is 0.273 e. The Hall–Kier alpha value is -2.25. The van der Waals surface area contributed by atoms with Gasteiger partial charge >= 0.3 is 0 Å². The Labute approximate surface area is 124 Å². The first-order valence-corrected chi connectivity index (χ1v) is 6.20. The fourth-order valence-electron chi connectivity index (χ4n) is 1.51. The fourth-order valence-corrected chi connectivity index (χ4v) is 1.95. The molecule has 1 fully saturated rings. The number of amides is 1. The van der Waals surface area contributed by atoms with E-state index in [2.05, 4.69) is 10.6 Å². The Balaban J connectivity index is 2.18. The number of non-ortho nitro benzene ring substituents is 1. The Bertz CT molecular complexity index is 652. The van der Waals surface area contributed by atoms with Crippen molar-refractivity contribution in [2.75, 3.05) is 0 Å². The fraction of sp³-hybridized carbons (Fsp3) is 0. The van der Waals surface area contributed by atoms with Crippen LogP contribution in [-0.4, -0.2) is 15.9 Å². The number of nitrogens with one attached hydrogen (secondary N) is 2. The number of nitro groups is 1. The van der Waals surface area contributed by atoms with Crippen LogP contribution in [0.5, 0.6) is 0 Å². The van der Waals surface area contributed by atoms with Crippen molar-refractivity contribution >= 4 is 46.6 Å². The van der Waals surface area contributed by atoms with Gasteiger partial charge in [-0.05, 0) is 42.1 Å². The number of rotatable bonds is 3. The van der Waals surface area contributed by atoms with E-state index in [1.807, 2.05) is 0 Å². The Kier molecular flexibility index (Phi) is 4.11. The number of hydrogen-bond acceptors (Lipinski definition) is 4. The molecule has 20 heavy (non-hydrogen) atoms. The molecule has 1 aliphatic heterocycles. The number of nitro benzene ring substituents is 1. The van der Waals surface area contributed by atoms with Gasteiger partial charge < -0.3 is 5.32 Å². The highest BCUT2D eigenvalue weighted by atomic mass is 35.5. The Morgan fingerprint density at radius 3 is 2.45 bits per heavy atom. The summed E-state index contributed by atoms with van der Waals surface area (Å²) in [5.41, 5.74) is 0.926. The van der Waals surface area contributed by atoms with Gasteiger partial charge in [0.1, 0.15) is 5.70 Å². The molecule has 0 spiro atoms. The van der Waals surface area contributed by atoms with Crippen molar-refractivity contribution in [2.45, 2.75) is 0 Å². The second kappa shape index (κ2) is 5.81. The Morgan fingerprint density at radius 1 is 1.30 bits per heavy atom. The zero-order valence-electron chi connectivity index (χ0n) is 9.92. The van der Waals surface area contributed by atoms with E-state index in [1.54, 1.807) is 18.2 Å². The van der Waals surface area contributed by atoms with E-state index < -0.39 is 4.92 Å². The lowest BCUT2D eigenvalue weighted by atomic mass is 10.2. The number of halogens is 1. The molecule has 0 aliphatic carbocycles. The minimum Gasteiger partial charge on any atom is -0.328 e. The summed E-state index contributed by atoms with van der Waals surface area (Å²) in [6.45, 7) is 0. The number of thiocarbonyl (C=S) groups is 1. The van der Waals surface area contributed by atoms with Crippen molar-refractivity contribution in [3.63, 3.8) is 0 Å².